The fourth-order valence-electron chi connectivity index (χ4n) is 2.58. The van der Waals surface area contributed by atoms with Crippen LogP contribution in [0.3, 0.4) is 0 Å². The second-order valence-corrected chi connectivity index (χ2v) is 6.42. The van der Waals surface area contributed by atoms with E-state index in [2.05, 4.69) is 10.3 Å². The predicted octanol–water partition coefficient (Wildman–Crippen LogP) is 3.18. The van der Waals surface area contributed by atoms with Crippen LogP contribution >= 0.6 is 11.3 Å². The van der Waals surface area contributed by atoms with E-state index in [1.54, 1.807) is 6.92 Å². The van der Waals surface area contributed by atoms with E-state index in [0.717, 1.165) is 22.2 Å². The maximum absolute atomic E-state index is 12.5. The average Bonchev–Trinajstić information content (AvgIpc) is 3.12. The summed E-state index contributed by atoms with van der Waals surface area (Å²) < 4.78 is 0. The Kier molecular flexibility index (Phi) is 3.76. The van der Waals surface area contributed by atoms with Gasteiger partial charge in [0.05, 0.1) is 12.1 Å². The molecule has 4 nitrogen and oxygen atoms in total. The normalized spacial score (nSPS) is 14.0. The van der Waals surface area contributed by atoms with Crippen LogP contribution in [-0.4, -0.2) is 22.5 Å². The van der Waals surface area contributed by atoms with E-state index in [0.29, 0.717) is 5.56 Å². The molecule has 3 N–H and O–H groups in total. The summed E-state index contributed by atoms with van der Waals surface area (Å²) in [5.41, 5.74) is 2.14. The number of H-pyrrole nitrogens is 1. The lowest BCUT2D eigenvalue weighted by Crippen LogP contribution is -2.38. The number of carbonyl (C=O) groups excluding carboxylic acids is 1. The molecule has 3 aromatic rings. The van der Waals surface area contributed by atoms with Crippen molar-refractivity contribution in [2.45, 2.75) is 19.4 Å². The molecule has 1 unspecified atom stereocenters. The van der Waals surface area contributed by atoms with Gasteiger partial charge in [0.15, 0.2) is 0 Å². The Morgan fingerprint density at radius 2 is 2.14 bits per heavy atom. The maximum atomic E-state index is 12.5. The lowest BCUT2D eigenvalue weighted by atomic mass is 9.99. The molecule has 5 heteroatoms. The highest BCUT2D eigenvalue weighted by Gasteiger charge is 2.25. The van der Waals surface area contributed by atoms with E-state index in [4.69, 9.17) is 0 Å². The second kappa shape index (κ2) is 5.59. The number of para-hydroxylation sites is 1. The van der Waals surface area contributed by atoms with Gasteiger partial charge in [0.1, 0.15) is 5.60 Å². The first-order valence-corrected chi connectivity index (χ1v) is 8.04. The zero-order chi connectivity index (χ0) is 15.7. The minimum Gasteiger partial charge on any atom is -0.384 e. The Labute approximate surface area is 132 Å². The van der Waals surface area contributed by atoms with Crippen LogP contribution in [0.25, 0.3) is 10.9 Å². The van der Waals surface area contributed by atoms with Crippen LogP contribution in [0.15, 0.2) is 41.1 Å². The van der Waals surface area contributed by atoms with Gasteiger partial charge in [0.25, 0.3) is 5.91 Å². The van der Waals surface area contributed by atoms with Crippen molar-refractivity contribution in [1.82, 2.24) is 10.3 Å². The van der Waals surface area contributed by atoms with Crippen LogP contribution in [0, 0.1) is 6.92 Å². The first-order chi connectivity index (χ1) is 10.5. The molecule has 0 bridgehead atoms. The third-order valence-corrected chi connectivity index (χ3v) is 4.54. The highest BCUT2D eigenvalue weighted by atomic mass is 32.1. The van der Waals surface area contributed by atoms with Crippen molar-refractivity contribution in [3.8, 4) is 0 Å². The molecule has 0 fully saturated rings. The smallest absolute Gasteiger partial charge is 0.253 e. The molecule has 0 aliphatic rings. The number of amides is 1. The summed E-state index contributed by atoms with van der Waals surface area (Å²) >= 11 is 1.53. The molecule has 3 rings (SSSR count). The van der Waals surface area contributed by atoms with E-state index < -0.39 is 5.60 Å². The molecule has 2 aromatic heterocycles. The fourth-order valence-corrected chi connectivity index (χ4v) is 3.37. The number of aromatic nitrogens is 1. The highest BCUT2D eigenvalue weighted by Crippen LogP contribution is 2.24. The summed E-state index contributed by atoms with van der Waals surface area (Å²) in [6, 6.07) is 9.58. The predicted molar refractivity (Wildman–Crippen MR) is 89.3 cm³/mol. The third-order valence-electron chi connectivity index (χ3n) is 3.86. The third kappa shape index (κ3) is 2.65. The van der Waals surface area contributed by atoms with Crippen molar-refractivity contribution in [3.63, 3.8) is 0 Å². The molecule has 1 amide bonds. The van der Waals surface area contributed by atoms with E-state index in [1.165, 1.54) is 11.3 Å². The van der Waals surface area contributed by atoms with E-state index >= 15 is 0 Å². The van der Waals surface area contributed by atoms with Crippen molar-refractivity contribution >= 4 is 28.1 Å². The number of hydrogen-bond donors (Lipinski definition) is 3. The Bertz CT molecular complexity index is 803. The summed E-state index contributed by atoms with van der Waals surface area (Å²) in [5.74, 6) is -0.176. The Hall–Kier alpha value is -2.11. The van der Waals surface area contributed by atoms with Gasteiger partial charge < -0.3 is 15.4 Å². The van der Waals surface area contributed by atoms with Gasteiger partial charge in [-0.3, -0.25) is 4.79 Å². The maximum Gasteiger partial charge on any atom is 0.253 e. The highest BCUT2D eigenvalue weighted by molar-refractivity contribution is 7.08. The summed E-state index contributed by atoms with van der Waals surface area (Å²) in [5, 5.41) is 18.0. The number of carbonyl (C=O) groups is 1. The summed E-state index contributed by atoms with van der Waals surface area (Å²) in [4.78, 5) is 15.7. The molecule has 0 saturated heterocycles. The van der Waals surface area contributed by atoms with E-state index in [1.807, 2.05) is 48.0 Å². The van der Waals surface area contributed by atoms with Gasteiger partial charge in [-0.1, -0.05) is 18.2 Å². The van der Waals surface area contributed by atoms with Crippen molar-refractivity contribution in [1.29, 1.82) is 0 Å². The first kappa shape index (κ1) is 14.8. The van der Waals surface area contributed by atoms with Crippen molar-refractivity contribution < 1.29 is 9.90 Å². The van der Waals surface area contributed by atoms with Crippen LogP contribution in [-0.2, 0) is 5.60 Å². The van der Waals surface area contributed by atoms with E-state index in [9.17, 15) is 9.90 Å². The van der Waals surface area contributed by atoms with Crippen molar-refractivity contribution in [3.05, 3.63) is 57.9 Å². The van der Waals surface area contributed by atoms with Crippen LogP contribution in [0.1, 0.15) is 28.5 Å². The molecule has 1 atom stereocenters. The first-order valence-electron chi connectivity index (χ1n) is 7.09. The molecule has 2 heterocycles. The monoisotopic (exact) mass is 314 g/mol. The fraction of sp³-hybridized carbons (Fsp3) is 0.235. The zero-order valence-corrected chi connectivity index (χ0v) is 13.3. The second-order valence-electron chi connectivity index (χ2n) is 5.64. The number of thiophene rings is 1. The van der Waals surface area contributed by atoms with Crippen LogP contribution in [0.2, 0.25) is 0 Å². The molecule has 1 aromatic carbocycles. The van der Waals surface area contributed by atoms with Crippen molar-refractivity contribution in [2.75, 3.05) is 6.54 Å². The standard InChI is InChI=1S/C17H18N2O2S/c1-11-15(13-5-3-4-6-14(13)19-11)16(20)18-10-17(2,21)12-7-8-22-9-12/h3-9,19,21H,10H2,1-2H3,(H,18,20). The minimum atomic E-state index is -1.07. The summed E-state index contributed by atoms with van der Waals surface area (Å²) in [6.07, 6.45) is 0. The zero-order valence-electron chi connectivity index (χ0n) is 12.5. The molecule has 0 saturated carbocycles. The van der Waals surface area contributed by atoms with Gasteiger partial charge in [0, 0.05) is 16.6 Å². The quantitative estimate of drug-likeness (QED) is 0.692. The van der Waals surface area contributed by atoms with Gasteiger partial charge in [-0.05, 0) is 42.3 Å². The lowest BCUT2D eigenvalue weighted by Gasteiger charge is -2.22. The van der Waals surface area contributed by atoms with Crippen molar-refractivity contribution in [2.24, 2.45) is 0 Å². The summed E-state index contributed by atoms with van der Waals surface area (Å²) in [6.45, 7) is 3.75. The number of fused-ring (bicyclic) bond motifs is 1. The SMILES string of the molecule is Cc1[nH]c2ccccc2c1C(=O)NCC(C)(O)c1ccsc1. The van der Waals surface area contributed by atoms with Crippen LogP contribution < -0.4 is 5.32 Å². The Morgan fingerprint density at radius 3 is 2.86 bits per heavy atom. The number of aliphatic hydroxyl groups is 1. The molecular weight excluding hydrogens is 296 g/mol. The van der Waals surface area contributed by atoms with E-state index in [-0.39, 0.29) is 12.5 Å². The molecule has 114 valence electrons. The lowest BCUT2D eigenvalue weighted by molar-refractivity contribution is 0.0530. The molecule has 0 radical (unpaired) electrons. The molecular formula is C17H18N2O2S. The van der Waals surface area contributed by atoms with Gasteiger partial charge in [-0.2, -0.15) is 11.3 Å². The largest absolute Gasteiger partial charge is 0.384 e. The molecule has 0 aliphatic heterocycles. The van der Waals surface area contributed by atoms with Crippen LogP contribution in [0.4, 0.5) is 0 Å². The van der Waals surface area contributed by atoms with Gasteiger partial charge >= 0.3 is 0 Å². The topological polar surface area (TPSA) is 65.1 Å². The van der Waals surface area contributed by atoms with Gasteiger partial charge in [0.2, 0.25) is 0 Å². The Morgan fingerprint density at radius 1 is 1.36 bits per heavy atom. The number of aryl methyl sites for hydroxylation is 1. The molecule has 0 aliphatic carbocycles. The molecule has 0 spiro atoms. The Balaban J connectivity index is 1.81. The van der Waals surface area contributed by atoms with Crippen LogP contribution in [0.5, 0.6) is 0 Å². The van der Waals surface area contributed by atoms with Gasteiger partial charge in [-0.25, -0.2) is 0 Å². The number of nitrogens with one attached hydrogen (secondary N) is 2. The number of benzene rings is 1. The average molecular weight is 314 g/mol. The number of rotatable bonds is 4. The minimum absolute atomic E-state index is 0.168. The number of aromatic amines is 1. The van der Waals surface area contributed by atoms with Gasteiger partial charge in [-0.15, -0.1) is 0 Å². The number of hydrogen-bond acceptors (Lipinski definition) is 3. The summed E-state index contributed by atoms with van der Waals surface area (Å²) in [7, 11) is 0. The molecule has 22 heavy (non-hydrogen) atoms.